The summed E-state index contributed by atoms with van der Waals surface area (Å²) in [7, 11) is 3.13. The molecule has 5 aromatic rings. The molecule has 1 aromatic heterocycles. The number of allylic oxidation sites excluding steroid dienone is 1. The van der Waals surface area contributed by atoms with Crippen LogP contribution in [0.4, 0.5) is 0 Å². The predicted molar refractivity (Wildman–Crippen MR) is 189 cm³/mol. The van der Waals surface area contributed by atoms with Gasteiger partial charge in [-0.15, -0.1) is 0 Å². The van der Waals surface area contributed by atoms with Crippen LogP contribution in [0, 0.1) is 0 Å². The molecule has 0 radical (unpaired) electrons. The van der Waals surface area contributed by atoms with Crippen LogP contribution in [0.1, 0.15) is 49.4 Å². The molecule has 8 nitrogen and oxygen atoms in total. The molecule has 0 unspecified atom stereocenters. The van der Waals surface area contributed by atoms with Crippen molar-refractivity contribution in [2.45, 2.75) is 39.3 Å². The van der Waals surface area contributed by atoms with Crippen molar-refractivity contribution in [1.29, 1.82) is 0 Å². The summed E-state index contributed by atoms with van der Waals surface area (Å²) in [5.74, 6) is 1.07. The van der Waals surface area contributed by atoms with Gasteiger partial charge in [0.1, 0.15) is 18.4 Å². The lowest BCUT2D eigenvalue weighted by Crippen LogP contribution is -2.40. The molecule has 4 aromatic carbocycles. The van der Waals surface area contributed by atoms with Gasteiger partial charge in [0.25, 0.3) is 5.56 Å². The molecule has 0 aliphatic carbocycles. The minimum absolute atomic E-state index is 0.176. The molecule has 0 amide bonds. The van der Waals surface area contributed by atoms with Crippen molar-refractivity contribution >= 4 is 45.8 Å². The van der Waals surface area contributed by atoms with Crippen LogP contribution in [-0.4, -0.2) is 31.4 Å². The lowest BCUT2D eigenvalue weighted by atomic mass is 9.93. The van der Waals surface area contributed by atoms with Crippen LogP contribution in [0.15, 0.2) is 99.9 Å². The SMILES string of the molecule is CCCC1=C(C(=O)OCC)[C@H](c2cc(Cl)ccc2OC)n2c(s/c(=C/c3ccc(OCc4cccc5ccccc45)c(OC)c3)c2=O)=N1. The first kappa shape index (κ1) is 33.1. The molecule has 1 atom stereocenters. The highest BCUT2D eigenvalue weighted by atomic mass is 35.5. The maximum absolute atomic E-state index is 14.2. The lowest BCUT2D eigenvalue weighted by Gasteiger charge is -2.27. The lowest BCUT2D eigenvalue weighted by molar-refractivity contribution is -0.139. The Morgan fingerprint density at radius 2 is 1.73 bits per heavy atom. The average Bonchev–Trinajstić information content (AvgIpc) is 3.40. The largest absolute Gasteiger partial charge is 0.496 e. The number of halogens is 1. The Hall–Kier alpha value is -4.86. The maximum atomic E-state index is 14.2. The molecule has 1 aliphatic heterocycles. The van der Waals surface area contributed by atoms with Crippen molar-refractivity contribution in [3.05, 3.63) is 132 Å². The van der Waals surface area contributed by atoms with Gasteiger partial charge in [-0.25, -0.2) is 9.79 Å². The Bertz CT molecular complexity index is 2220. The van der Waals surface area contributed by atoms with Crippen LogP contribution in [-0.2, 0) is 16.1 Å². The highest BCUT2D eigenvalue weighted by Gasteiger charge is 2.36. The first-order valence-corrected chi connectivity index (χ1v) is 16.9. The molecule has 6 rings (SSSR count). The minimum Gasteiger partial charge on any atom is -0.496 e. The quantitative estimate of drug-likeness (QED) is 0.140. The van der Waals surface area contributed by atoms with E-state index >= 15 is 0 Å². The molecular formula is C38H35ClN2O6S. The molecular weight excluding hydrogens is 648 g/mol. The fourth-order valence-corrected chi connectivity index (χ4v) is 7.15. The summed E-state index contributed by atoms with van der Waals surface area (Å²) in [4.78, 5) is 33.1. The number of fused-ring (bicyclic) bond motifs is 2. The van der Waals surface area contributed by atoms with Gasteiger partial charge in [-0.05, 0) is 71.7 Å². The van der Waals surface area contributed by atoms with E-state index in [1.165, 1.54) is 15.9 Å². The van der Waals surface area contributed by atoms with E-state index < -0.39 is 12.0 Å². The Morgan fingerprint density at radius 1 is 0.958 bits per heavy atom. The summed E-state index contributed by atoms with van der Waals surface area (Å²) in [6.45, 7) is 4.30. The van der Waals surface area contributed by atoms with Crippen molar-refractivity contribution < 1.29 is 23.7 Å². The van der Waals surface area contributed by atoms with Gasteiger partial charge >= 0.3 is 5.97 Å². The molecule has 2 heterocycles. The number of ether oxygens (including phenoxy) is 4. The summed E-state index contributed by atoms with van der Waals surface area (Å²) >= 11 is 7.71. The van der Waals surface area contributed by atoms with Crippen LogP contribution in [0.5, 0.6) is 17.2 Å². The van der Waals surface area contributed by atoms with E-state index in [-0.39, 0.29) is 12.2 Å². The zero-order valence-corrected chi connectivity index (χ0v) is 28.7. The number of aromatic nitrogens is 1. The van der Waals surface area contributed by atoms with E-state index in [1.807, 2.05) is 43.3 Å². The zero-order chi connectivity index (χ0) is 33.8. The summed E-state index contributed by atoms with van der Waals surface area (Å²) in [6, 6.07) is 24.2. The van der Waals surface area contributed by atoms with Gasteiger partial charge in [0.15, 0.2) is 16.3 Å². The third-order valence-electron chi connectivity index (χ3n) is 8.13. The molecule has 0 N–H and O–H groups in total. The van der Waals surface area contributed by atoms with Gasteiger partial charge < -0.3 is 18.9 Å². The minimum atomic E-state index is -0.850. The fourth-order valence-electron chi connectivity index (χ4n) is 5.95. The van der Waals surface area contributed by atoms with E-state index in [4.69, 9.17) is 35.5 Å². The molecule has 10 heteroatoms. The number of esters is 1. The Labute approximate surface area is 287 Å². The summed E-state index contributed by atoms with van der Waals surface area (Å²) in [5.41, 5.74) is 2.94. The van der Waals surface area contributed by atoms with Crippen molar-refractivity contribution in [3.63, 3.8) is 0 Å². The van der Waals surface area contributed by atoms with Crippen LogP contribution in [0.25, 0.3) is 16.8 Å². The third-order valence-corrected chi connectivity index (χ3v) is 9.35. The Balaban J connectivity index is 1.42. The fraction of sp³-hybridized carbons (Fsp3) is 0.237. The van der Waals surface area contributed by atoms with E-state index in [2.05, 4.69) is 24.3 Å². The zero-order valence-electron chi connectivity index (χ0n) is 27.1. The normalized spacial score (nSPS) is 14.4. The molecule has 0 bridgehead atoms. The maximum Gasteiger partial charge on any atom is 0.338 e. The molecule has 0 fully saturated rings. The van der Waals surface area contributed by atoms with Gasteiger partial charge in [0, 0.05) is 10.6 Å². The number of hydrogen-bond donors (Lipinski definition) is 0. The molecule has 0 saturated heterocycles. The molecule has 0 spiro atoms. The number of hydrogen-bond acceptors (Lipinski definition) is 8. The smallest absolute Gasteiger partial charge is 0.338 e. The van der Waals surface area contributed by atoms with E-state index in [0.717, 1.165) is 28.3 Å². The molecule has 0 saturated carbocycles. The molecule has 246 valence electrons. The first-order chi connectivity index (χ1) is 23.4. The summed E-state index contributed by atoms with van der Waals surface area (Å²) in [6.07, 6.45) is 3.06. The van der Waals surface area contributed by atoms with Gasteiger partial charge in [0.05, 0.1) is 36.6 Å². The highest BCUT2D eigenvalue weighted by molar-refractivity contribution is 7.07. The monoisotopic (exact) mass is 682 g/mol. The third kappa shape index (κ3) is 6.48. The van der Waals surface area contributed by atoms with Crippen molar-refractivity contribution in [2.24, 2.45) is 4.99 Å². The number of methoxy groups -OCH3 is 2. The average molecular weight is 683 g/mol. The standard InChI is InChI=1S/C38H35ClN2O6S/c1-5-10-29-34(37(43)46-6-2)35(28-21-26(39)16-18-30(28)44-3)41-36(42)33(48-38(41)40-29)20-23-15-17-31(32(19-23)45-4)47-22-25-13-9-12-24-11-7-8-14-27(24)25/h7-9,11-21,35H,5-6,10,22H2,1-4H3/b33-20+/t35-/m0/s1. The van der Waals surface area contributed by atoms with Crippen LogP contribution in [0.2, 0.25) is 5.02 Å². The van der Waals surface area contributed by atoms with Crippen LogP contribution >= 0.6 is 22.9 Å². The number of nitrogens with zero attached hydrogens (tertiary/aromatic N) is 2. The number of carbonyl (C=O) groups excluding carboxylic acids is 1. The summed E-state index contributed by atoms with van der Waals surface area (Å²) in [5, 5.41) is 2.72. The van der Waals surface area contributed by atoms with Crippen LogP contribution in [0.3, 0.4) is 0 Å². The molecule has 48 heavy (non-hydrogen) atoms. The van der Waals surface area contributed by atoms with Gasteiger partial charge in [-0.3, -0.25) is 9.36 Å². The first-order valence-electron chi connectivity index (χ1n) is 15.7. The van der Waals surface area contributed by atoms with Crippen LogP contribution < -0.4 is 29.1 Å². The van der Waals surface area contributed by atoms with Gasteiger partial charge in [-0.2, -0.15) is 0 Å². The number of rotatable bonds is 11. The predicted octanol–water partition coefficient (Wildman–Crippen LogP) is 6.98. The van der Waals surface area contributed by atoms with E-state index in [1.54, 1.807) is 45.4 Å². The number of thiazole rings is 1. The van der Waals surface area contributed by atoms with Gasteiger partial charge in [-0.1, -0.05) is 84.8 Å². The number of carbonyl (C=O) groups is 1. The number of benzene rings is 4. The Kier molecular flexibility index (Phi) is 9.98. The highest BCUT2D eigenvalue weighted by Crippen LogP contribution is 2.38. The second-order valence-electron chi connectivity index (χ2n) is 11.1. The summed E-state index contributed by atoms with van der Waals surface area (Å²) < 4.78 is 25.1. The second kappa shape index (κ2) is 14.5. The van der Waals surface area contributed by atoms with E-state index in [9.17, 15) is 9.59 Å². The van der Waals surface area contributed by atoms with E-state index in [0.29, 0.717) is 61.5 Å². The van der Waals surface area contributed by atoms with Crippen molar-refractivity contribution in [3.8, 4) is 17.2 Å². The van der Waals surface area contributed by atoms with Crippen molar-refractivity contribution in [1.82, 2.24) is 4.57 Å². The van der Waals surface area contributed by atoms with Crippen molar-refractivity contribution in [2.75, 3.05) is 20.8 Å². The Morgan fingerprint density at radius 3 is 2.50 bits per heavy atom. The second-order valence-corrected chi connectivity index (χ2v) is 12.6. The topological polar surface area (TPSA) is 88.4 Å². The molecule has 1 aliphatic rings. The van der Waals surface area contributed by atoms with Gasteiger partial charge in [0.2, 0.25) is 0 Å².